The van der Waals surface area contributed by atoms with Crippen LogP contribution in [0, 0.1) is 0 Å². The standard InChI is InChI=1S/C8H11NO4S/c1-2-12-7-4-3-6(9)5-8(7)13-14(10)11/h3-5H,2,9H2,1H3,(H,10,11)/p-1. The minimum atomic E-state index is -2.62. The molecule has 0 aliphatic carbocycles. The van der Waals surface area contributed by atoms with Crippen molar-refractivity contribution >= 4 is 17.0 Å². The van der Waals surface area contributed by atoms with Gasteiger partial charge in [-0.2, -0.15) is 0 Å². The number of hydrogen-bond donors (Lipinski definition) is 1. The zero-order valence-corrected chi connectivity index (χ0v) is 8.37. The van der Waals surface area contributed by atoms with Gasteiger partial charge in [0, 0.05) is 11.8 Å². The van der Waals surface area contributed by atoms with Gasteiger partial charge in [0.25, 0.3) is 0 Å². The Balaban J connectivity index is 2.96. The molecule has 0 saturated heterocycles. The van der Waals surface area contributed by atoms with Crippen LogP contribution in [0.2, 0.25) is 0 Å². The lowest BCUT2D eigenvalue weighted by molar-refractivity contribution is 0.325. The van der Waals surface area contributed by atoms with E-state index in [0.717, 1.165) is 0 Å². The summed E-state index contributed by atoms with van der Waals surface area (Å²) in [6.45, 7) is 2.21. The van der Waals surface area contributed by atoms with Crippen molar-refractivity contribution in [3.8, 4) is 11.5 Å². The van der Waals surface area contributed by atoms with E-state index in [4.69, 9.17) is 10.5 Å². The van der Waals surface area contributed by atoms with Crippen LogP contribution < -0.4 is 14.7 Å². The van der Waals surface area contributed by atoms with Gasteiger partial charge in [-0.15, -0.1) is 0 Å². The third kappa shape index (κ3) is 2.90. The molecule has 0 aliphatic rings. The van der Waals surface area contributed by atoms with Gasteiger partial charge in [-0.25, -0.2) is 4.21 Å². The fourth-order valence-corrected chi connectivity index (χ4v) is 1.21. The molecular weight excluding hydrogens is 206 g/mol. The van der Waals surface area contributed by atoms with Gasteiger partial charge in [0.05, 0.1) is 6.61 Å². The van der Waals surface area contributed by atoms with E-state index >= 15 is 0 Å². The van der Waals surface area contributed by atoms with E-state index in [1.54, 1.807) is 19.1 Å². The molecule has 1 aromatic rings. The van der Waals surface area contributed by atoms with Crippen molar-refractivity contribution in [2.45, 2.75) is 6.92 Å². The molecule has 0 saturated carbocycles. The number of anilines is 1. The summed E-state index contributed by atoms with van der Waals surface area (Å²) in [5, 5.41) is 0. The number of hydrogen-bond acceptors (Lipinski definition) is 5. The predicted molar refractivity (Wildman–Crippen MR) is 51.6 cm³/mol. The molecule has 14 heavy (non-hydrogen) atoms. The van der Waals surface area contributed by atoms with Crippen LogP contribution >= 0.6 is 0 Å². The lowest BCUT2D eigenvalue weighted by atomic mass is 10.3. The minimum Gasteiger partial charge on any atom is -0.740 e. The van der Waals surface area contributed by atoms with Gasteiger partial charge < -0.3 is 19.2 Å². The van der Waals surface area contributed by atoms with Crippen molar-refractivity contribution in [3.05, 3.63) is 18.2 Å². The molecule has 2 N–H and O–H groups in total. The maximum absolute atomic E-state index is 10.3. The Bertz CT molecular complexity index is 342. The highest BCUT2D eigenvalue weighted by atomic mass is 32.2. The fraction of sp³-hybridized carbons (Fsp3) is 0.250. The Morgan fingerprint density at radius 1 is 1.50 bits per heavy atom. The summed E-state index contributed by atoms with van der Waals surface area (Å²) in [4.78, 5) is 0. The number of nitrogen functional groups attached to an aromatic ring is 1. The van der Waals surface area contributed by atoms with E-state index in [9.17, 15) is 8.76 Å². The van der Waals surface area contributed by atoms with Gasteiger partial charge in [-0.3, -0.25) is 0 Å². The Morgan fingerprint density at radius 3 is 2.79 bits per heavy atom. The summed E-state index contributed by atoms with van der Waals surface area (Å²) in [6.07, 6.45) is 0. The first-order chi connectivity index (χ1) is 6.63. The van der Waals surface area contributed by atoms with Crippen molar-refractivity contribution in [3.63, 3.8) is 0 Å². The summed E-state index contributed by atoms with van der Waals surface area (Å²) in [7, 11) is 0. The first-order valence-electron chi connectivity index (χ1n) is 3.93. The third-order valence-electron chi connectivity index (χ3n) is 1.43. The molecule has 0 bridgehead atoms. The number of ether oxygens (including phenoxy) is 1. The van der Waals surface area contributed by atoms with Crippen LogP contribution in [0.15, 0.2) is 18.2 Å². The Labute approximate surface area is 84.3 Å². The minimum absolute atomic E-state index is 0.0974. The molecule has 0 aromatic heterocycles. The van der Waals surface area contributed by atoms with Gasteiger partial charge in [0.1, 0.15) is 11.4 Å². The average Bonchev–Trinajstić information content (AvgIpc) is 2.09. The largest absolute Gasteiger partial charge is 0.740 e. The van der Waals surface area contributed by atoms with Gasteiger partial charge in [-0.05, 0) is 19.1 Å². The van der Waals surface area contributed by atoms with Gasteiger partial charge in [0.15, 0.2) is 11.5 Å². The molecule has 5 nitrogen and oxygen atoms in total. The maximum Gasteiger partial charge on any atom is 0.183 e. The molecule has 1 unspecified atom stereocenters. The van der Waals surface area contributed by atoms with E-state index < -0.39 is 11.4 Å². The van der Waals surface area contributed by atoms with E-state index in [0.29, 0.717) is 18.0 Å². The quantitative estimate of drug-likeness (QED) is 0.595. The summed E-state index contributed by atoms with van der Waals surface area (Å²) in [5.74, 6) is 0.450. The van der Waals surface area contributed by atoms with Crippen LogP contribution in [-0.2, 0) is 11.4 Å². The molecule has 1 rings (SSSR count). The topological polar surface area (TPSA) is 84.6 Å². The van der Waals surface area contributed by atoms with Gasteiger partial charge >= 0.3 is 0 Å². The first kappa shape index (κ1) is 10.8. The average molecular weight is 216 g/mol. The zero-order valence-electron chi connectivity index (χ0n) is 7.56. The number of benzene rings is 1. The highest BCUT2D eigenvalue weighted by molar-refractivity contribution is 7.74. The molecular formula is C8H10NO4S-. The molecule has 1 atom stereocenters. The van der Waals surface area contributed by atoms with Crippen molar-refractivity contribution in [1.82, 2.24) is 0 Å². The van der Waals surface area contributed by atoms with E-state index in [1.165, 1.54) is 6.07 Å². The molecule has 0 spiro atoms. The van der Waals surface area contributed by atoms with Gasteiger partial charge in [-0.1, -0.05) is 0 Å². The highest BCUT2D eigenvalue weighted by Gasteiger charge is 2.05. The maximum atomic E-state index is 10.3. The fourth-order valence-electron chi connectivity index (χ4n) is 0.938. The molecule has 78 valence electrons. The van der Waals surface area contributed by atoms with E-state index in [1.807, 2.05) is 0 Å². The van der Waals surface area contributed by atoms with Crippen molar-refractivity contribution in [2.24, 2.45) is 0 Å². The summed E-state index contributed by atoms with van der Waals surface area (Å²) in [6, 6.07) is 4.55. The normalized spacial score (nSPS) is 12.1. The van der Waals surface area contributed by atoms with Crippen LogP contribution in [0.1, 0.15) is 6.92 Å². The van der Waals surface area contributed by atoms with E-state index in [-0.39, 0.29) is 5.75 Å². The molecule has 0 heterocycles. The predicted octanol–water partition coefficient (Wildman–Crippen LogP) is 0.840. The first-order valence-corrected chi connectivity index (χ1v) is 4.93. The molecule has 0 radical (unpaired) electrons. The summed E-state index contributed by atoms with van der Waals surface area (Å²) >= 11 is -2.62. The van der Waals surface area contributed by atoms with Crippen molar-refractivity contribution < 1.29 is 17.7 Å². The van der Waals surface area contributed by atoms with Crippen LogP contribution in [0.4, 0.5) is 5.69 Å². The van der Waals surface area contributed by atoms with Crippen molar-refractivity contribution in [1.29, 1.82) is 0 Å². The lowest BCUT2D eigenvalue weighted by Gasteiger charge is -2.12. The second kappa shape index (κ2) is 4.83. The van der Waals surface area contributed by atoms with Crippen LogP contribution in [-0.4, -0.2) is 15.4 Å². The highest BCUT2D eigenvalue weighted by Crippen LogP contribution is 2.29. The van der Waals surface area contributed by atoms with Crippen LogP contribution in [0.5, 0.6) is 11.5 Å². The summed E-state index contributed by atoms with van der Waals surface area (Å²) in [5.41, 5.74) is 5.87. The number of rotatable bonds is 4. The van der Waals surface area contributed by atoms with Crippen molar-refractivity contribution in [2.75, 3.05) is 12.3 Å². The molecule has 0 amide bonds. The van der Waals surface area contributed by atoms with Crippen LogP contribution in [0.25, 0.3) is 0 Å². The zero-order chi connectivity index (χ0) is 10.6. The molecule has 0 aliphatic heterocycles. The third-order valence-corrected chi connectivity index (χ3v) is 1.74. The monoisotopic (exact) mass is 216 g/mol. The van der Waals surface area contributed by atoms with E-state index in [2.05, 4.69) is 4.18 Å². The SMILES string of the molecule is CCOc1ccc(N)cc1OS(=O)[O-]. The Kier molecular flexibility index (Phi) is 3.73. The second-order valence-electron chi connectivity index (χ2n) is 2.43. The van der Waals surface area contributed by atoms with Crippen LogP contribution in [0.3, 0.4) is 0 Å². The van der Waals surface area contributed by atoms with Gasteiger partial charge in [0.2, 0.25) is 0 Å². The summed E-state index contributed by atoms with van der Waals surface area (Å²) < 4.78 is 30.3. The molecule has 1 aromatic carbocycles. The smallest absolute Gasteiger partial charge is 0.183 e. The lowest BCUT2D eigenvalue weighted by Crippen LogP contribution is -2.02. The Morgan fingerprint density at radius 2 is 2.21 bits per heavy atom. The Hall–Kier alpha value is -1.27. The molecule has 6 heteroatoms. The number of nitrogens with two attached hydrogens (primary N) is 1. The second-order valence-corrected chi connectivity index (χ2v) is 3.00. The molecule has 0 fully saturated rings.